The molecule has 2 aromatic carbocycles. The van der Waals surface area contributed by atoms with Crippen LogP contribution in [0.2, 0.25) is 0 Å². The molecule has 8 atom stereocenters. The van der Waals surface area contributed by atoms with Crippen molar-refractivity contribution in [2.75, 3.05) is 26.2 Å². The molecule has 0 amide bonds. The van der Waals surface area contributed by atoms with E-state index in [1.807, 2.05) is 12.1 Å². The summed E-state index contributed by atoms with van der Waals surface area (Å²) in [5.41, 5.74) is 0.126. The number of hydrogen-bond donors (Lipinski definition) is 4. The van der Waals surface area contributed by atoms with Crippen molar-refractivity contribution in [2.24, 2.45) is 11.8 Å². The van der Waals surface area contributed by atoms with E-state index in [0.29, 0.717) is 61.5 Å². The quantitative estimate of drug-likeness (QED) is 0.373. The van der Waals surface area contributed by atoms with Crippen molar-refractivity contribution >= 4 is 11.6 Å². The number of benzene rings is 2. The van der Waals surface area contributed by atoms with E-state index in [1.165, 1.54) is 25.7 Å². The van der Waals surface area contributed by atoms with Crippen LogP contribution in [-0.4, -0.2) is 103 Å². The third kappa shape index (κ3) is 3.17. The Morgan fingerprint density at radius 1 is 0.660 bits per heavy atom. The Bertz CT molecular complexity index is 1830. The number of hydrogen-bond acceptors (Lipinski definition) is 10. The van der Waals surface area contributed by atoms with Gasteiger partial charge in [-0.25, -0.2) is 0 Å². The first kappa shape index (κ1) is 29.4. The Balaban J connectivity index is 1.04. The maximum atomic E-state index is 13.6. The predicted octanol–water partition coefficient (Wildman–Crippen LogP) is 3.03. The summed E-state index contributed by atoms with van der Waals surface area (Å²) >= 11 is 0. The third-order valence-electron chi connectivity index (χ3n) is 15.6. The molecule has 4 N–H and O–H groups in total. The predicted molar refractivity (Wildman–Crippen MR) is 179 cm³/mol. The molecule has 4 heterocycles. The summed E-state index contributed by atoms with van der Waals surface area (Å²) in [5.74, 6) is 1.45. The number of rotatable bonds is 5. The van der Waals surface area contributed by atoms with Gasteiger partial charge >= 0.3 is 0 Å². The van der Waals surface area contributed by atoms with E-state index < -0.39 is 34.2 Å². The van der Waals surface area contributed by atoms with Crippen molar-refractivity contribution in [1.82, 2.24) is 9.80 Å². The largest absolute Gasteiger partial charge is 0.504 e. The van der Waals surface area contributed by atoms with E-state index in [-0.39, 0.29) is 59.5 Å². The summed E-state index contributed by atoms with van der Waals surface area (Å²) in [4.78, 5) is 32.1. The SMILES string of the molecule is O=C1CC[C@@]2(O)[C@@H]3Cc4cc(-c5cc6c7c(c5O)O[C@H]5C(=O)CC[C@@]8(O)[C@@H](C6)N(CC6CC6)CC[C@]758)c(O)c5c4[C@@]2(CCN3CC2CC2)[C@H]1O5. The normalized spacial score (nSPS) is 41.8. The van der Waals surface area contributed by atoms with Gasteiger partial charge in [0.05, 0.1) is 22.0 Å². The highest BCUT2D eigenvalue weighted by atomic mass is 16.5. The van der Waals surface area contributed by atoms with E-state index in [9.17, 15) is 30.0 Å². The first-order chi connectivity index (χ1) is 24.1. The van der Waals surface area contributed by atoms with Crippen LogP contribution in [0.3, 0.4) is 0 Å². The zero-order chi connectivity index (χ0) is 33.7. The summed E-state index contributed by atoms with van der Waals surface area (Å²) in [6, 6.07) is 3.56. The van der Waals surface area contributed by atoms with Crippen molar-refractivity contribution in [2.45, 2.75) is 123 Å². The molecule has 6 aliphatic carbocycles. The van der Waals surface area contributed by atoms with Crippen LogP contribution in [0.15, 0.2) is 12.1 Å². The van der Waals surface area contributed by atoms with Gasteiger partial charge in [-0.3, -0.25) is 19.4 Å². The van der Waals surface area contributed by atoms with Gasteiger partial charge in [0.15, 0.2) is 46.8 Å². The number of carbonyl (C=O) groups is 2. The number of ether oxygens (including phenoxy) is 2. The highest BCUT2D eigenvalue weighted by molar-refractivity contribution is 5.94. The van der Waals surface area contributed by atoms with Gasteiger partial charge in [-0.2, -0.15) is 0 Å². The minimum absolute atomic E-state index is 0.0337. The molecule has 10 nitrogen and oxygen atoms in total. The number of phenolic OH excluding ortho intramolecular Hbond substituents is 2. The van der Waals surface area contributed by atoms with E-state index in [4.69, 9.17) is 9.47 Å². The lowest BCUT2D eigenvalue weighted by Gasteiger charge is -2.62. The molecule has 4 saturated carbocycles. The summed E-state index contributed by atoms with van der Waals surface area (Å²) in [6.45, 7) is 3.43. The molecule has 10 aliphatic rings. The second kappa shape index (κ2) is 9.06. The van der Waals surface area contributed by atoms with Gasteiger partial charge in [0.25, 0.3) is 0 Å². The van der Waals surface area contributed by atoms with Gasteiger partial charge < -0.3 is 29.9 Å². The molecule has 6 fully saturated rings. The molecule has 0 radical (unpaired) electrons. The number of phenols is 2. The van der Waals surface area contributed by atoms with Crippen LogP contribution in [0.5, 0.6) is 23.0 Å². The van der Waals surface area contributed by atoms with Crippen LogP contribution in [0.4, 0.5) is 0 Å². The molecule has 2 saturated heterocycles. The lowest BCUT2D eigenvalue weighted by Crippen LogP contribution is -2.76. The number of aromatic hydroxyl groups is 2. The summed E-state index contributed by atoms with van der Waals surface area (Å²) in [6.07, 6.45) is 6.68. The zero-order valence-corrected chi connectivity index (χ0v) is 28.2. The Morgan fingerprint density at radius 3 is 1.48 bits per heavy atom. The summed E-state index contributed by atoms with van der Waals surface area (Å²) < 4.78 is 13.0. The van der Waals surface area contributed by atoms with Gasteiger partial charge in [0.2, 0.25) is 0 Å². The van der Waals surface area contributed by atoms with E-state index in [0.717, 1.165) is 48.4 Å². The maximum absolute atomic E-state index is 13.6. The number of Topliss-reactive ketones (excluding diaryl/α,β-unsaturated/α-hetero) is 2. The summed E-state index contributed by atoms with van der Waals surface area (Å²) in [5, 5.41) is 49.6. The van der Waals surface area contributed by atoms with Crippen LogP contribution in [0.1, 0.15) is 86.5 Å². The van der Waals surface area contributed by atoms with E-state index in [2.05, 4.69) is 9.80 Å². The lowest BCUT2D eigenvalue weighted by atomic mass is 9.48. The number of piperidine rings is 2. The molecule has 4 aliphatic heterocycles. The van der Waals surface area contributed by atoms with Crippen LogP contribution in [-0.2, 0) is 33.3 Å². The highest BCUT2D eigenvalue weighted by Gasteiger charge is 2.75. The second-order valence-electron chi connectivity index (χ2n) is 17.8. The molecule has 2 aromatic rings. The Morgan fingerprint density at radius 2 is 1.08 bits per heavy atom. The van der Waals surface area contributed by atoms with Crippen LogP contribution in [0.25, 0.3) is 11.1 Å². The molecule has 50 heavy (non-hydrogen) atoms. The van der Waals surface area contributed by atoms with Crippen molar-refractivity contribution < 1.29 is 39.5 Å². The minimum Gasteiger partial charge on any atom is -0.504 e. The number of likely N-dealkylation sites (tertiary alicyclic amines) is 2. The fraction of sp³-hybridized carbons (Fsp3) is 0.650. The maximum Gasteiger partial charge on any atom is 0.174 e. The number of ketones is 2. The van der Waals surface area contributed by atoms with Crippen molar-refractivity contribution in [3.05, 3.63) is 34.4 Å². The van der Waals surface area contributed by atoms with Gasteiger partial charge in [-0.15, -0.1) is 0 Å². The molecule has 262 valence electrons. The number of carbonyl (C=O) groups excluding carboxylic acids is 2. The highest BCUT2D eigenvalue weighted by Crippen LogP contribution is 2.69. The van der Waals surface area contributed by atoms with Crippen LogP contribution < -0.4 is 9.47 Å². The van der Waals surface area contributed by atoms with Gasteiger partial charge in [-0.05, 0) is 112 Å². The van der Waals surface area contributed by atoms with Crippen molar-refractivity contribution in [3.63, 3.8) is 0 Å². The molecular weight excluding hydrogens is 636 g/mol. The van der Waals surface area contributed by atoms with E-state index >= 15 is 0 Å². The first-order valence-electron chi connectivity index (χ1n) is 19.2. The topological polar surface area (TPSA) is 140 Å². The second-order valence-corrected chi connectivity index (χ2v) is 17.8. The smallest absolute Gasteiger partial charge is 0.174 e. The van der Waals surface area contributed by atoms with Crippen LogP contribution in [0, 0.1) is 11.8 Å². The Labute approximate surface area is 290 Å². The number of aliphatic hydroxyl groups is 2. The van der Waals surface area contributed by atoms with Gasteiger partial charge in [0, 0.05) is 60.3 Å². The van der Waals surface area contributed by atoms with E-state index in [1.54, 1.807) is 0 Å². The Kier molecular flexibility index (Phi) is 5.33. The molecule has 12 rings (SSSR count). The monoisotopic (exact) mass is 680 g/mol. The third-order valence-corrected chi connectivity index (χ3v) is 15.6. The fourth-order valence-corrected chi connectivity index (χ4v) is 13.1. The minimum atomic E-state index is -1.14. The van der Waals surface area contributed by atoms with Crippen LogP contribution >= 0.6 is 0 Å². The van der Waals surface area contributed by atoms with Gasteiger partial charge in [-0.1, -0.05) is 0 Å². The standard InChI is InChI=1S/C40H44N2O8/c43-25-5-7-39(47)27-15-21-13-23(31(45)33-29(21)37(39,35(25)49-33)9-11-41(27)17-19-1-2-19)24-14-22-16-28-40(48)8-6-26(44)36-38(40,30(22)34(50-36)32(24)46)10-12-42(28)18-20-3-4-20/h13-14,19-20,27-28,35-36,45-48H,1-12,15-18H2/t27-,28+,35-,36-,37-,38-,39+,40+/m0/s1. The molecule has 2 spiro atoms. The molecule has 4 bridgehead atoms. The van der Waals surface area contributed by atoms with Gasteiger partial charge in [0.1, 0.15) is 0 Å². The lowest BCUT2D eigenvalue weighted by molar-refractivity contribution is -0.188. The molecule has 10 heteroatoms. The first-order valence-corrected chi connectivity index (χ1v) is 19.2. The van der Waals surface area contributed by atoms with Crippen molar-refractivity contribution in [3.8, 4) is 34.1 Å². The summed E-state index contributed by atoms with van der Waals surface area (Å²) in [7, 11) is 0. The van der Waals surface area contributed by atoms with Crippen molar-refractivity contribution in [1.29, 1.82) is 0 Å². The molecular formula is C40H44N2O8. The average molecular weight is 681 g/mol. The zero-order valence-electron chi connectivity index (χ0n) is 28.2. The fourth-order valence-electron chi connectivity index (χ4n) is 13.1. The molecule has 0 unspecified atom stereocenters. The number of nitrogens with zero attached hydrogens (tertiary/aromatic N) is 2. The Hall–Kier alpha value is -3.18. The molecule has 0 aromatic heterocycles. The average Bonchev–Trinajstić information content (AvgIpc) is 4.02.